The van der Waals surface area contributed by atoms with E-state index in [1.807, 2.05) is 6.92 Å². The van der Waals surface area contributed by atoms with Gasteiger partial charge in [0.2, 0.25) is 0 Å². The van der Waals surface area contributed by atoms with E-state index in [0.29, 0.717) is 6.04 Å². The molecule has 3 heteroatoms. The average molecular weight is 253 g/mol. The van der Waals surface area contributed by atoms with Crippen molar-refractivity contribution in [1.29, 1.82) is 0 Å². The van der Waals surface area contributed by atoms with Crippen LogP contribution in [0.15, 0.2) is 0 Å². The molecular weight excluding hydrogens is 226 g/mol. The van der Waals surface area contributed by atoms with Crippen LogP contribution in [0.2, 0.25) is 0 Å². The van der Waals surface area contributed by atoms with E-state index in [-0.39, 0.29) is 11.9 Å². The predicted molar refractivity (Wildman–Crippen MR) is 72.3 cm³/mol. The first kappa shape index (κ1) is 13.9. The summed E-state index contributed by atoms with van der Waals surface area (Å²) in [7, 11) is 1.49. The average Bonchev–Trinajstić information content (AvgIpc) is 2.44. The molecule has 0 spiro atoms. The molecule has 3 nitrogen and oxygen atoms in total. The van der Waals surface area contributed by atoms with Crippen LogP contribution in [0.5, 0.6) is 0 Å². The van der Waals surface area contributed by atoms with Gasteiger partial charge >= 0.3 is 5.97 Å². The molecule has 1 aliphatic carbocycles. The highest BCUT2D eigenvalue weighted by Gasteiger charge is 2.35. The second-order valence-electron chi connectivity index (χ2n) is 6.14. The topological polar surface area (TPSA) is 29.5 Å². The molecule has 0 aromatic rings. The summed E-state index contributed by atoms with van der Waals surface area (Å²) in [5.41, 5.74) is 0. The fourth-order valence-corrected chi connectivity index (χ4v) is 3.70. The first-order valence-electron chi connectivity index (χ1n) is 7.45. The molecule has 0 aromatic carbocycles. The number of carbonyl (C=O) groups excluding carboxylic acids is 1. The van der Waals surface area contributed by atoms with E-state index in [4.69, 9.17) is 4.74 Å². The van der Waals surface area contributed by atoms with Gasteiger partial charge < -0.3 is 4.74 Å². The fraction of sp³-hybridized carbons (Fsp3) is 0.933. The lowest BCUT2D eigenvalue weighted by molar-refractivity contribution is -0.147. The molecule has 0 amide bonds. The highest BCUT2D eigenvalue weighted by atomic mass is 16.5. The maximum Gasteiger partial charge on any atom is 0.309 e. The van der Waals surface area contributed by atoms with E-state index in [9.17, 15) is 4.79 Å². The Morgan fingerprint density at radius 2 is 1.83 bits per heavy atom. The van der Waals surface area contributed by atoms with Crippen LogP contribution in [0, 0.1) is 17.8 Å². The maximum absolute atomic E-state index is 11.6. The molecule has 0 aromatic heterocycles. The van der Waals surface area contributed by atoms with Crippen LogP contribution in [0.4, 0.5) is 0 Å². The van der Waals surface area contributed by atoms with Gasteiger partial charge in [-0.15, -0.1) is 0 Å². The van der Waals surface area contributed by atoms with Crippen molar-refractivity contribution >= 4 is 5.97 Å². The number of nitrogens with zero attached hydrogens (tertiary/aromatic N) is 1. The Morgan fingerprint density at radius 1 is 1.17 bits per heavy atom. The largest absolute Gasteiger partial charge is 0.469 e. The van der Waals surface area contributed by atoms with Crippen molar-refractivity contribution in [3.63, 3.8) is 0 Å². The molecule has 2 fully saturated rings. The molecule has 18 heavy (non-hydrogen) atoms. The number of rotatable bonds is 3. The molecule has 1 saturated carbocycles. The van der Waals surface area contributed by atoms with Gasteiger partial charge in [0.05, 0.1) is 13.0 Å². The molecule has 1 heterocycles. The van der Waals surface area contributed by atoms with Crippen molar-refractivity contribution in [1.82, 2.24) is 4.90 Å². The van der Waals surface area contributed by atoms with Gasteiger partial charge in [0.15, 0.2) is 0 Å². The quantitative estimate of drug-likeness (QED) is 0.724. The highest BCUT2D eigenvalue weighted by Crippen LogP contribution is 2.37. The number of methoxy groups -OCH3 is 1. The van der Waals surface area contributed by atoms with E-state index >= 15 is 0 Å². The van der Waals surface area contributed by atoms with Crippen molar-refractivity contribution in [2.75, 3.05) is 20.2 Å². The SMILES string of the molecule is COC(=O)C(C)C(C)N1CCC2CCCCC2C1. The van der Waals surface area contributed by atoms with E-state index in [2.05, 4.69) is 11.8 Å². The molecular formula is C15H27NO2. The second kappa shape index (κ2) is 6.05. The van der Waals surface area contributed by atoms with Crippen molar-refractivity contribution in [3.05, 3.63) is 0 Å². The normalized spacial score (nSPS) is 32.4. The van der Waals surface area contributed by atoms with Crippen LogP contribution in [0.25, 0.3) is 0 Å². The zero-order chi connectivity index (χ0) is 13.1. The van der Waals surface area contributed by atoms with Crippen molar-refractivity contribution in [2.45, 2.75) is 52.0 Å². The predicted octanol–water partition coefficient (Wildman–Crippen LogP) is 2.70. The Balaban J connectivity index is 1.91. The Bertz CT molecular complexity index is 292. The monoisotopic (exact) mass is 253 g/mol. The van der Waals surface area contributed by atoms with Gasteiger partial charge in [0.1, 0.15) is 0 Å². The van der Waals surface area contributed by atoms with E-state index in [1.165, 1.54) is 45.8 Å². The lowest BCUT2D eigenvalue weighted by atomic mass is 9.74. The molecule has 1 saturated heterocycles. The lowest BCUT2D eigenvalue weighted by Gasteiger charge is -2.44. The van der Waals surface area contributed by atoms with Crippen molar-refractivity contribution in [2.24, 2.45) is 17.8 Å². The molecule has 0 radical (unpaired) electrons. The van der Waals surface area contributed by atoms with Gasteiger partial charge in [-0.05, 0) is 38.1 Å². The molecule has 1 aliphatic heterocycles. The van der Waals surface area contributed by atoms with Gasteiger partial charge in [0.25, 0.3) is 0 Å². The number of ether oxygens (including phenoxy) is 1. The third-order valence-electron chi connectivity index (χ3n) is 5.20. The van der Waals surface area contributed by atoms with E-state index in [1.54, 1.807) is 0 Å². The summed E-state index contributed by atoms with van der Waals surface area (Å²) in [6.45, 7) is 6.50. The Labute approximate surface area is 111 Å². The summed E-state index contributed by atoms with van der Waals surface area (Å²) in [6.07, 6.45) is 6.97. The van der Waals surface area contributed by atoms with Crippen molar-refractivity contribution < 1.29 is 9.53 Å². The lowest BCUT2D eigenvalue weighted by Crippen LogP contribution is -2.49. The molecule has 4 unspecified atom stereocenters. The summed E-state index contributed by atoms with van der Waals surface area (Å²) in [5.74, 6) is 1.74. The highest BCUT2D eigenvalue weighted by molar-refractivity contribution is 5.72. The zero-order valence-corrected chi connectivity index (χ0v) is 12.0. The summed E-state index contributed by atoms with van der Waals surface area (Å²) < 4.78 is 4.86. The molecule has 4 atom stereocenters. The van der Waals surface area contributed by atoms with Gasteiger partial charge in [-0.25, -0.2) is 0 Å². The van der Waals surface area contributed by atoms with Crippen LogP contribution < -0.4 is 0 Å². The minimum atomic E-state index is -0.0757. The van der Waals surface area contributed by atoms with Crippen LogP contribution in [0.1, 0.15) is 46.0 Å². The molecule has 2 rings (SSSR count). The van der Waals surface area contributed by atoms with Crippen LogP contribution in [0.3, 0.4) is 0 Å². The number of fused-ring (bicyclic) bond motifs is 1. The van der Waals surface area contributed by atoms with Gasteiger partial charge in [0, 0.05) is 12.6 Å². The summed E-state index contributed by atoms with van der Waals surface area (Å²) in [4.78, 5) is 14.1. The Hall–Kier alpha value is -0.570. The number of esters is 1. The third-order valence-corrected chi connectivity index (χ3v) is 5.20. The number of hydrogen-bond acceptors (Lipinski definition) is 3. The van der Waals surface area contributed by atoms with E-state index in [0.717, 1.165) is 18.4 Å². The Kier molecular flexibility index (Phi) is 4.66. The molecule has 104 valence electrons. The smallest absolute Gasteiger partial charge is 0.309 e. The van der Waals surface area contributed by atoms with Crippen LogP contribution >= 0.6 is 0 Å². The van der Waals surface area contributed by atoms with Gasteiger partial charge in [-0.2, -0.15) is 0 Å². The summed E-state index contributed by atoms with van der Waals surface area (Å²) >= 11 is 0. The van der Waals surface area contributed by atoms with Crippen molar-refractivity contribution in [3.8, 4) is 0 Å². The van der Waals surface area contributed by atoms with Crippen LogP contribution in [-0.2, 0) is 9.53 Å². The third kappa shape index (κ3) is 2.87. The maximum atomic E-state index is 11.6. The van der Waals surface area contributed by atoms with Gasteiger partial charge in [-0.1, -0.05) is 26.2 Å². The zero-order valence-electron chi connectivity index (χ0n) is 12.0. The van der Waals surface area contributed by atoms with E-state index < -0.39 is 0 Å². The first-order valence-corrected chi connectivity index (χ1v) is 7.45. The first-order chi connectivity index (χ1) is 8.63. The Morgan fingerprint density at radius 3 is 2.50 bits per heavy atom. The minimum absolute atomic E-state index is 0.0184. The second-order valence-corrected chi connectivity index (χ2v) is 6.14. The van der Waals surface area contributed by atoms with Gasteiger partial charge in [-0.3, -0.25) is 9.69 Å². The minimum Gasteiger partial charge on any atom is -0.469 e. The number of piperidine rings is 1. The number of carbonyl (C=O) groups is 1. The summed E-state index contributed by atoms with van der Waals surface area (Å²) in [5, 5.41) is 0. The molecule has 2 aliphatic rings. The van der Waals surface area contributed by atoms with Crippen LogP contribution in [-0.4, -0.2) is 37.1 Å². The molecule has 0 N–H and O–H groups in total. The summed E-state index contributed by atoms with van der Waals surface area (Å²) in [6, 6.07) is 0.306. The number of hydrogen-bond donors (Lipinski definition) is 0. The fourth-order valence-electron chi connectivity index (χ4n) is 3.70. The number of likely N-dealkylation sites (tertiary alicyclic amines) is 1. The molecule has 0 bridgehead atoms. The standard InChI is InChI=1S/C15H27NO2/c1-11(15(17)18-3)12(2)16-9-8-13-6-4-5-7-14(13)10-16/h11-14H,4-10H2,1-3H3.